The smallest absolute Gasteiger partial charge is 0.228 e. The predicted molar refractivity (Wildman–Crippen MR) is 96.4 cm³/mol. The van der Waals surface area contributed by atoms with Crippen molar-refractivity contribution in [2.45, 2.75) is 37.7 Å². The first-order chi connectivity index (χ1) is 12.0. The third kappa shape index (κ3) is 4.19. The van der Waals surface area contributed by atoms with E-state index in [2.05, 4.69) is 16.3 Å². The van der Waals surface area contributed by atoms with Crippen molar-refractivity contribution in [2.75, 3.05) is 38.1 Å². The van der Waals surface area contributed by atoms with Crippen LogP contribution in [0.15, 0.2) is 24.3 Å². The van der Waals surface area contributed by atoms with Crippen molar-refractivity contribution < 1.29 is 14.7 Å². The largest absolute Gasteiger partial charge is 0.388 e. The molecular weight excluding hydrogens is 318 g/mol. The van der Waals surface area contributed by atoms with Crippen molar-refractivity contribution in [3.8, 4) is 0 Å². The summed E-state index contributed by atoms with van der Waals surface area (Å²) in [5.41, 5.74) is 1.28. The van der Waals surface area contributed by atoms with Gasteiger partial charge in [0.1, 0.15) is 0 Å². The molecule has 6 heteroatoms. The standard InChI is InChI=1S/C19H27N3O3/c1-20-17(23)13-19(25)9-4-10-21(14-19)11-8-18(24)22-12-7-15-5-2-3-6-16(15)22/h2-3,5-6,25H,4,7-14H2,1H3,(H,20,23). The van der Waals surface area contributed by atoms with Gasteiger partial charge in [-0.2, -0.15) is 0 Å². The molecule has 1 fully saturated rings. The number of rotatable bonds is 5. The van der Waals surface area contributed by atoms with E-state index in [1.54, 1.807) is 7.05 Å². The van der Waals surface area contributed by atoms with Gasteiger partial charge in [-0.3, -0.25) is 14.5 Å². The molecule has 2 aliphatic heterocycles. The van der Waals surface area contributed by atoms with E-state index in [-0.39, 0.29) is 18.2 Å². The van der Waals surface area contributed by atoms with Crippen LogP contribution in [0.3, 0.4) is 0 Å². The number of fused-ring (bicyclic) bond motifs is 1. The monoisotopic (exact) mass is 345 g/mol. The highest BCUT2D eigenvalue weighted by atomic mass is 16.3. The Morgan fingerprint density at radius 1 is 1.28 bits per heavy atom. The van der Waals surface area contributed by atoms with Crippen molar-refractivity contribution in [3.63, 3.8) is 0 Å². The number of benzene rings is 1. The van der Waals surface area contributed by atoms with E-state index in [4.69, 9.17) is 0 Å². The second kappa shape index (κ2) is 7.54. The highest BCUT2D eigenvalue weighted by Gasteiger charge is 2.35. The number of para-hydroxylation sites is 1. The molecular formula is C19H27N3O3. The van der Waals surface area contributed by atoms with Crippen LogP contribution in [0.25, 0.3) is 0 Å². The molecule has 2 N–H and O–H groups in total. The van der Waals surface area contributed by atoms with E-state index in [1.807, 2.05) is 23.1 Å². The third-order valence-electron chi connectivity index (χ3n) is 5.23. The maximum atomic E-state index is 12.6. The van der Waals surface area contributed by atoms with Gasteiger partial charge in [0.25, 0.3) is 0 Å². The summed E-state index contributed by atoms with van der Waals surface area (Å²) < 4.78 is 0. The first-order valence-corrected chi connectivity index (χ1v) is 9.04. The fraction of sp³-hybridized carbons (Fsp3) is 0.579. The number of hydrogen-bond acceptors (Lipinski definition) is 4. The molecule has 3 rings (SSSR count). The van der Waals surface area contributed by atoms with Crippen LogP contribution in [-0.2, 0) is 16.0 Å². The topological polar surface area (TPSA) is 72.9 Å². The number of carbonyl (C=O) groups is 2. The molecule has 0 saturated carbocycles. The number of amides is 2. The number of nitrogens with zero attached hydrogens (tertiary/aromatic N) is 2. The van der Waals surface area contributed by atoms with Crippen LogP contribution in [0.2, 0.25) is 0 Å². The average Bonchev–Trinajstić information content (AvgIpc) is 3.03. The van der Waals surface area contributed by atoms with Gasteiger partial charge < -0.3 is 15.3 Å². The maximum Gasteiger partial charge on any atom is 0.228 e. The minimum atomic E-state index is -0.984. The fourth-order valence-electron chi connectivity index (χ4n) is 3.91. The molecule has 2 amide bonds. The zero-order chi connectivity index (χ0) is 17.9. The van der Waals surface area contributed by atoms with Gasteiger partial charge >= 0.3 is 0 Å². The van der Waals surface area contributed by atoms with E-state index in [0.717, 1.165) is 31.6 Å². The predicted octanol–water partition coefficient (Wildman–Crippen LogP) is 0.929. The molecule has 136 valence electrons. The molecule has 2 aliphatic rings. The van der Waals surface area contributed by atoms with Gasteiger partial charge in [0.2, 0.25) is 11.8 Å². The number of carbonyl (C=O) groups excluding carboxylic acids is 2. The molecule has 1 unspecified atom stereocenters. The molecule has 0 radical (unpaired) electrons. The van der Waals surface area contributed by atoms with Crippen LogP contribution < -0.4 is 10.2 Å². The van der Waals surface area contributed by atoms with Crippen LogP contribution >= 0.6 is 0 Å². The van der Waals surface area contributed by atoms with Crippen LogP contribution in [0.5, 0.6) is 0 Å². The molecule has 1 aromatic rings. The van der Waals surface area contributed by atoms with Crippen molar-refractivity contribution >= 4 is 17.5 Å². The van der Waals surface area contributed by atoms with E-state index in [1.165, 1.54) is 5.56 Å². The quantitative estimate of drug-likeness (QED) is 0.833. The van der Waals surface area contributed by atoms with Gasteiger partial charge in [-0.25, -0.2) is 0 Å². The molecule has 1 atom stereocenters. The second-order valence-electron chi connectivity index (χ2n) is 7.13. The van der Waals surface area contributed by atoms with Crippen molar-refractivity contribution in [3.05, 3.63) is 29.8 Å². The minimum absolute atomic E-state index is 0.118. The van der Waals surface area contributed by atoms with Crippen molar-refractivity contribution in [1.82, 2.24) is 10.2 Å². The van der Waals surface area contributed by atoms with Gasteiger partial charge in [-0.1, -0.05) is 18.2 Å². The molecule has 25 heavy (non-hydrogen) atoms. The van der Waals surface area contributed by atoms with Crippen molar-refractivity contribution in [2.24, 2.45) is 0 Å². The Labute approximate surface area is 148 Å². The van der Waals surface area contributed by atoms with Gasteiger partial charge in [-0.05, 0) is 37.4 Å². The number of nitrogens with one attached hydrogen (secondary N) is 1. The number of piperidine rings is 1. The summed E-state index contributed by atoms with van der Waals surface area (Å²) in [7, 11) is 1.58. The normalized spacial score (nSPS) is 23.4. The highest BCUT2D eigenvalue weighted by Crippen LogP contribution is 2.28. The lowest BCUT2D eigenvalue weighted by atomic mass is 9.89. The molecule has 0 spiro atoms. The Kier molecular flexibility index (Phi) is 5.39. The second-order valence-corrected chi connectivity index (χ2v) is 7.13. The Hall–Kier alpha value is -1.92. The Morgan fingerprint density at radius 3 is 2.88 bits per heavy atom. The number of likely N-dealkylation sites (tertiary alicyclic amines) is 1. The number of aliphatic hydroxyl groups is 1. The first-order valence-electron chi connectivity index (χ1n) is 9.04. The SMILES string of the molecule is CNC(=O)CC1(O)CCCN(CCC(=O)N2CCc3ccccc32)C1. The van der Waals surface area contributed by atoms with Gasteiger partial charge in [-0.15, -0.1) is 0 Å². The average molecular weight is 345 g/mol. The van der Waals surface area contributed by atoms with E-state index in [9.17, 15) is 14.7 Å². The van der Waals surface area contributed by atoms with Crippen LogP contribution in [0.1, 0.15) is 31.2 Å². The lowest BCUT2D eigenvalue weighted by molar-refractivity contribution is -0.129. The summed E-state index contributed by atoms with van der Waals surface area (Å²) >= 11 is 0. The molecule has 6 nitrogen and oxygen atoms in total. The van der Waals surface area contributed by atoms with Gasteiger partial charge in [0, 0.05) is 38.8 Å². The van der Waals surface area contributed by atoms with Crippen molar-refractivity contribution in [1.29, 1.82) is 0 Å². The highest BCUT2D eigenvalue weighted by molar-refractivity contribution is 5.95. The minimum Gasteiger partial charge on any atom is -0.388 e. The first kappa shape index (κ1) is 17.9. The van der Waals surface area contributed by atoms with Crippen LogP contribution in [0, 0.1) is 0 Å². The lowest BCUT2D eigenvalue weighted by Gasteiger charge is -2.39. The Morgan fingerprint density at radius 2 is 2.08 bits per heavy atom. The number of hydrogen-bond donors (Lipinski definition) is 2. The summed E-state index contributed by atoms with van der Waals surface area (Å²) in [6.45, 7) is 2.68. The Balaban J connectivity index is 1.53. The zero-order valence-corrected chi connectivity index (χ0v) is 14.8. The summed E-state index contributed by atoms with van der Waals surface area (Å²) in [5, 5.41) is 13.2. The van der Waals surface area contributed by atoms with E-state index < -0.39 is 5.60 Å². The third-order valence-corrected chi connectivity index (χ3v) is 5.23. The molecule has 0 aliphatic carbocycles. The summed E-state index contributed by atoms with van der Waals surface area (Å²) in [6, 6.07) is 8.05. The number of anilines is 1. The van der Waals surface area contributed by atoms with Gasteiger partial charge in [0.05, 0.1) is 12.0 Å². The van der Waals surface area contributed by atoms with Crippen LogP contribution in [0.4, 0.5) is 5.69 Å². The van der Waals surface area contributed by atoms with E-state index in [0.29, 0.717) is 25.9 Å². The van der Waals surface area contributed by atoms with Gasteiger partial charge in [0.15, 0.2) is 0 Å². The summed E-state index contributed by atoms with van der Waals surface area (Å²) in [4.78, 5) is 28.2. The zero-order valence-electron chi connectivity index (χ0n) is 14.8. The molecule has 0 bridgehead atoms. The Bertz CT molecular complexity index is 649. The molecule has 1 saturated heterocycles. The fourth-order valence-corrected chi connectivity index (χ4v) is 3.91. The summed E-state index contributed by atoms with van der Waals surface area (Å²) in [6.07, 6.45) is 2.94. The van der Waals surface area contributed by atoms with Crippen LogP contribution in [-0.4, -0.2) is 60.6 Å². The molecule has 2 heterocycles. The summed E-state index contributed by atoms with van der Waals surface area (Å²) in [5.74, 6) is -0.0144. The molecule has 1 aromatic carbocycles. The molecule has 0 aromatic heterocycles. The number of β-amino-alcohol motifs (C(OH)–C–C–N with tert-alkyl or cyclic N) is 1. The van der Waals surface area contributed by atoms with E-state index >= 15 is 0 Å². The maximum absolute atomic E-state index is 12.6. The lowest BCUT2D eigenvalue weighted by Crippen LogP contribution is -2.50.